The Labute approximate surface area is 107 Å². The molecule has 0 aliphatic carbocycles. The number of hydrogen-bond acceptors (Lipinski definition) is 3. The Balaban J connectivity index is 2.56. The fraction of sp³-hybridized carbons (Fsp3) is 0.538. The Morgan fingerprint density at radius 3 is 2.94 bits per heavy atom. The molecule has 1 aromatic rings. The summed E-state index contributed by atoms with van der Waals surface area (Å²) in [5, 5.41) is 2.80. The van der Waals surface area contributed by atoms with Crippen LogP contribution in [0.3, 0.4) is 0 Å². The van der Waals surface area contributed by atoms with E-state index in [0.29, 0.717) is 0 Å². The summed E-state index contributed by atoms with van der Waals surface area (Å²) in [6, 6.07) is 1.16. The minimum Gasteiger partial charge on any atom is -0.383 e. The van der Waals surface area contributed by atoms with Gasteiger partial charge in [-0.2, -0.15) is 0 Å². The maximum absolute atomic E-state index is 13.0. The van der Waals surface area contributed by atoms with Gasteiger partial charge in [-0.15, -0.1) is 0 Å². The summed E-state index contributed by atoms with van der Waals surface area (Å²) >= 11 is 0. The lowest BCUT2D eigenvalue weighted by Gasteiger charge is -2.14. The van der Waals surface area contributed by atoms with Gasteiger partial charge in [0.2, 0.25) is 0 Å². The van der Waals surface area contributed by atoms with Crippen LogP contribution < -0.4 is 11.1 Å². The van der Waals surface area contributed by atoms with Gasteiger partial charge in [-0.3, -0.25) is 4.79 Å². The number of rotatable bonds is 6. The average molecular weight is 253 g/mol. The van der Waals surface area contributed by atoms with Crippen LogP contribution in [0.25, 0.3) is 0 Å². The van der Waals surface area contributed by atoms with Crippen LogP contribution in [-0.2, 0) is 0 Å². The molecule has 0 saturated heterocycles. The van der Waals surface area contributed by atoms with Crippen LogP contribution in [0.2, 0.25) is 0 Å². The highest BCUT2D eigenvalue weighted by Gasteiger charge is 2.14. The van der Waals surface area contributed by atoms with Crippen molar-refractivity contribution in [2.75, 3.05) is 5.73 Å². The van der Waals surface area contributed by atoms with Gasteiger partial charge in [0.05, 0.1) is 11.8 Å². The molecule has 1 rings (SSSR count). The summed E-state index contributed by atoms with van der Waals surface area (Å²) < 4.78 is 13.0. The first-order chi connectivity index (χ1) is 8.54. The number of hydrogen-bond donors (Lipinski definition) is 2. The van der Waals surface area contributed by atoms with E-state index in [-0.39, 0.29) is 23.3 Å². The first-order valence-corrected chi connectivity index (χ1v) is 6.26. The number of pyridine rings is 1. The molecule has 0 spiro atoms. The van der Waals surface area contributed by atoms with Gasteiger partial charge in [0.15, 0.2) is 0 Å². The van der Waals surface area contributed by atoms with E-state index in [0.717, 1.165) is 37.9 Å². The molecule has 1 amide bonds. The standard InChI is InChI=1S/C13H20FN3O/c1-3-4-5-6-9(2)17-13(18)11-7-10(14)8-16-12(11)15/h7-9H,3-6H2,1-2H3,(H2,15,16)(H,17,18). The largest absolute Gasteiger partial charge is 0.383 e. The number of carbonyl (C=O) groups excluding carboxylic acids is 1. The van der Waals surface area contributed by atoms with Gasteiger partial charge < -0.3 is 11.1 Å². The van der Waals surface area contributed by atoms with Crippen LogP contribution >= 0.6 is 0 Å². The highest BCUT2D eigenvalue weighted by Crippen LogP contribution is 2.11. The number of nitrogens with zero attached hydrogens (tertiary/aromatic N) is 1. The van der Waals surface area contributed by atoms with Gasteiger partial charge in [0, 0.05) is 6.04 Å². The van der Waals surface area contributed by atoms with E-state index in [1.54, 1.807) is 0 Å². The fourth-order valence-electron chi connectivity index (χ4n) is 1.71. The second kappa shape index (κ2) is 6.93. The lowest BCUT2D eigenvalue weighted by molar-refractivity contribution is 0.0938. The Bertz CT molecular complexity index is 409. The Hall–Kier alpha value is -1.65. The van der Waals surface area contributed by atoms with Crippen LogP contribution in [0.1, 0.15) is 49.9 Å². The topological polar surface area (TPSA) is 68.0 Å². The van der Waals surface area contributed by atoms with Crippen molar-refractivity contribution in [2.24, 2.45) is 0 Å². The number of carbonyl (C=O) groups is 1. The molecule has 1 heterocycles. The minimum atomic E-state index is -0.562. The molecule has 1 aromatic heterocycles. The highest BCUT2D eigenvalue weighted by atomic mass is 19.1. The third-order valence-corrected chi connectivity index (χ3v) is 2.75. The van der Waals surface area contributed by atoms with Gasteiger partial charge in [0.1, 0.15) is 11.6 Å². The van der Waals surface area contributed by atoms with Crippen LogP contribution in [0.15, 0.2) is 12.3 Å². The summed E-state index contributed by atoms with van der Waals surface area (Å²) in [5.41, 5.74) is 5.64. The van der Waals surface area contributed by atoms with E-state index >= 15 is 0 Å². The molecule has 100 valence electrons. The molecule has 0 aromatic carbocycles. The molecule has 18 heavy (non-hydrogen) atoms. The molecule has 0 saturated carbocycles. The maximum atomic E-state index is 13.0. The van der Waals surface area contributed by atoms with Gasteiger partial charge in [-0.25, -0.2) is 9.37 Å². The number of unbranched alkanes of at least 4 members (excludes halogenated alkanes) is 2. The van der Waals surface area contributed by atoms with E-state index in [1.165, 1.54) is 0 Å². The molecule has 0 aliphatic rings. The van der Waals surface area contributed by atoms with Crippen LogP contribution in [0.5, 0.6) is 0 Å². The lowest BCUT2D eigenvalue weighted by atomic mass is 10.1. The molecule has 1 atom stereocenters. The summed E-state index contributed by atoms with van der Waals surface area (Å²) in [7, 11) is 0. The maximum Gasteiger partial charge on any atom is 0.255 e. The summed E-state index contributed by atoms with van der Waals surface area (Å²) in [4.78, 5) is 15.5. The predicted octanol–water partition coefficient (Wildman–Crippen LogP) is 2.50. The summed E-state index contributed by atoms with van der Waals surface area (Å²) in [6.45, 7) is 4.05. The fourth-order valence-corrected chi connectivity index (χ4v) is 1.71. The monoisotopic (exact) mass is 253 g/mol. The summed E-state index contributed by atoms with van der Waals surface area (Å²) in [5.74, 6) is -0.883. The second-order valence-corrected chi connectivity index (χ2v) is 4.46. The van der Waals surface area contributed by atoms with E-state index < -0.39 is 5.82 Å². The Kier molecular flexibility index (Phi) is 5.55. The van der Waals surface area contributed by atoms with Gasteiger partial charge in [-0.1, -0.05) is 26.2 Å². The van der Waals surface area contributed by atoms with Gasteiger partial charge in [0.25, 0.3) is 5.91 Å². The van der Waals surface area contributed by atoms with E-state index in [4.69, 9.17) is 5.73 Å². The number of nitrogens with one attached hydrogen (secondary N) is 1. The first-order valence-electron chi connectivity index (χ1n) is 6.26. The number of aromatic nitrogens is 1. The quantitative estimate of drug-likeness (QED) is 0.765. The van der Waals surface area contributed by atoms with Crippen molar-refractivity contribution in [3.05, 3.63) is 23.6 Å². The molecular formula is C13H20FN3O. The SMILES string of the molecule is CCCCCC(C)NC(=O)c1cc(F)cnc1N. The third kappa shape index (κ3) is 4.31. The highest BCUT2D eigenvalue weighted by molar-refractivity contribution is 5.98. The third-order valence-electron chi connectivity index (χ3n) is 2.75. The molecule has 0 radical (unpaired) electrons. The molecule has 4 nitrogen and oxygen atoms in total. The normalized spacial score (nSPS) is 12.2. The molecule has 1 unspecified atom stereocenters. The first kappa shape index (κ1) is 14.4. The van der Waals surface area contributed by atoms with Crippen molar-refractivity contribution in [1.82, 2.24) is 10.3 Å². The van der Waals surface area contributed by atoms with E-state index in [9.17, 15) is 9.18 Å². The zero-order valence-electron chi connectivity index (χ0n) is 10.9. The van der Waals surface area contributed by atoms with Gasteiger partial charge >= 0.3 is 0 Å². The smallest absolute Gasteiger partial charge is 0.255 e. The number of nitrogens with two attached hydrogens (primary N) is 1. The van der Waals surface area contributed by atoms with E-state index in [2.05, 4.69) is 17.2 Å². The van der Waals surface area contributed by atoms with Crippen LogP contribution in [-0.4, -0.2) is 16.9 Å². The van der Waals surface area contributed by atoms with Crippen LogP contribution in [0, 0.1) is 5.82 Å². The van der Waals surface area contributed by atoms with Crippen molar-refractivity contribution < 1.29 is 9.18 Å². The Morgan fingerprint density at radius 2 is 2.28 bits per heavy atom. The van der Waals surface area contributed by atoms with E-state index in [1.807, 2.05) is 6.92 Å². The number of nitrogen functional groups attached to an aromatic ring is 1. The number of anilines is 1. The van der Waals surface area contributed by atoms with Crippen LogP contribution in [0.4, 0.5) is 10.2 Å². The summed E-state index contributed by atoms with van der Waals surface area (Å²) in [6.07, 6.45) is 5.25. The second-order valence-electron chi connectivity index (χ2n) is 4.46. The minimum absolute atomic E-state index is 0.0479. The zero-order chi connectivity index (χ0) is 13.5. The molecule has 5 heteroatoms. The van der Waals surface area contributed by atoms with Crippen molar-refractivity contribution in [3.63, 3.8) is 0 Å². The number of halogens is 1. The lowest BCUT2D eigenvalue weighted by Crippen LogP contribution is -2.33. The average Bonchev–Trinajstić information content (AvgIpc) is 2.32. The van der Waals surface area contributed by atoms with Crippen molar-refractivity contribution >= 4 is 11.7 Å². The van der Waals surface area contributed by atoms with Crippen molar-refractivity contribution in [2.45, 2.75) is 45.6 Å². The Morgan fingerprint density at radius 1 is 1.56 bits per heavy atom. The molecule has 0 bridgehead atoms. The molecule has 0 fully saturated rings. The number of amides is 1. The van der Waals surface area contributed by atoms with Crippen molar-refractivity contribution in [1.29, 1.82) is 0 Å². The van der Waals surface area contributed by atoms with Gasteiger partial charge in [-0.05, 0) is 19.4 Å². The zero-order valence-corrected chi connectivity index (χ0v) is 10.9. The predicted molar refractivity (Wildman–Crippen MR) is 69.7 cm³/mol. The molecule has 3 N–H and O–H groups in total. The molecular weight excluding hydrogens is 233 g/mol. The molecule has 0 aliphatic heterocycles. The van der Waals surface area contributed by atoms with Crippen molar-refractivity contribution in [3.8, 4) is 0 Å².